The second-order valence-corrected chi connectivity index (χ2v) is 7.59. The molecule has 0 aliphatic carbocycles. The van der Waals surface area contributed by atoms with Crippen LogP contribution in [-0.4, -0.2) is 31.2 Å². The molecule has 4 rings (SSSR count). The standard InChI is InChI=1S/C12H17N.C11H16N2/c1-11-5-7-12(8-6-11)13-9-3-2-4-10-13;1-10-5-6-11(9-12-10)13-7-3-2-4-8-13/h5-8H,2-4,9-10H2,1H3;5-6,9H,2-4,7-8H2,1H3. The number of hydrogen-bond acceptors (Lipinski definition) is 3. The van der Waals surface area contributed by atoms with Gasteiger partial charge in [0.05, 0.1) is 11.9 Å². The average Bonchev–Trinajstić information content (AvgIpc) is 2.71. The largest absolute Gasteiger partial charge is 0.372 e. The molecular weight excluding hydrogens is 318 g/mol. The maximum Gasteiger partial charge on any atom is 0.0552 e. The molecule has 1 aromatic carbocycles. The molecule has 0 bridgehead atoms. The van der Waals surface area contributed by atoms with E-state index in [4.69, 9.17) is 0 Å². The highest BCUT2D eigenvalue weighted by Gasteiger charge is 2.10. The average molecular weight is 352 g/mol. The molecule has 0 saturated carbocycles. The number of aromatic nitrogens is 1. The van der Waals surface area contributed by atoms with Crippen LogP contribution in [0.1, 0.15) is 49.8 Å². The van der Waals surface area contributed by atoms with Crippen molar-refractivity contribution in [1.82, 2.24) is 4.98 Å². The fourth-order valence-electron chi connectivity index (χ4n) is 3.71. The molecule has 0 atom stereocenters. The van der Waals surface area contributed by atoms with Crippen molar-refractivity contribution in [3.8, 4) is 0 Å². The van der Waals surface area contributed by atoms with Crippen LogP contribution < -0.4 is 9.80 Å². The van der Waals surface area contributed by atoms with Gasteiger partial charge in [0, 0.05) is 37.6 Å². The first-order valence-electron chi connectivity index (χ1n) is 10.2. The molecule has 2 aliphatic rings. The van der Waals surface area contributed by atoms with Crippen LogP contribution in [0.5, 0.6) is 0 Å². The lowest BCUT2D eigenvalue weighted by molar-refractivity contribution is 0.577. The summed E-state index contributed by atoms with van der Waals surface area (Å²) in [6.45, 7) is 9.04. The number of anilines is 2. The fourth-order valence-corrected chi connectivity index (χ4v) is 3.71. The van der Waals surface area contributed by atoms with E-state index in [-0.39, 0.29) is 0 Å². The topological polar surface area (TPSA) is 19.4 Å². The van der Waals surface area contributed by atoms with Crippen LogP contribution in [0, 0.1) is 13.8 Å². The van der Waals surface area contributed by atoms with Crippen molar-refractivity contribution < 1.29 is 0 Å². The van der Waals surface area contributed by atoms with Crippen LogP contribution in [0.4, 0.5) is 11.4 Å². The summed E-state index contributed by atoms with van der Waals surface area (Å²) in [5, 5.41) is 0. The van der Waals surface area contributed by atoms with Gasteiger partial charge in [0.15, 0.2) is 0 Å². The van der Waals surface area contributed by atoms with Crippen LogP contribution in [0.3, 0.4) is 0 Å². The second-order valence-electron chi connectivity index (χ2n) is 7.59. The second kappa shape index (κ2) is 9.61. The van der Waals surface area contributed by atoms with Crippen LogP contribution >= 0.6 is 0 Å². The van der Waals surface area contributed by atoms with E-state index in [9.17, 15) is 0 Å². The van der Waals surface area contributed by atoms with Crippen LogP contribution in [-0.2, 0) is 0 Å². The van der Waals surface area contributed by atoms with Crippen molar-refractivity contribution >= 4 is 11.4 Å². The molecule has 2 saturated heterocycles. The molecule has 0 unspecified atom stereocenters. The van der Waals surface area contributed by atoms with Gasteiger partial charge in [-0.15, -0.1) is 0 Å². The van der Waals surface area contributed by atoms with Gasteiger partial charge in [0.2, 0.25) is 0 Å². The minimum Gasteiger partial charge on any atom is -0.372 e. The number of benzene rings is 1. The molecule has 0 N–H and O–H groups in total. The Morgan fingerprint density at radius 3 is 1.62 bits per heavy atom. The van der Waals surface area contributed by atoms with E-state index < -0.39 is 0 Å². The van der Waals surface area contributed by atoms with E-state index >= 15 is 0 Å². The summed E-state index contributed by atoms with van der Waals surface area (Å²) in [5.41, 5.74) is 5.12. The summed E-state index contributed by atoms with van der Waals surface area (Å²) in [6.07, 6.45) is 10.1. The maximum absolute atomic E-state index is 4.31. The minimum absolute atomic E-state index is 1.10. The Balaban J connectivity index is 0.000000151. The van der Waals surface area contributed by atoms with E-state index in [1.807, 2.05) is 13.1 Å². The number of pyridine rings is 1. The van der Waals surface area contributed by atoms with Gasteiger partial charge < -0.3 is 9.80 Å². The van der Waals surface area contributed by atoms with Gasteiger partial charge in [0.25, 0.3) is 0 Å². The zero-order chi connectivity index (χ0) is 18.2. The highest BCUT2D eigenvalue weighted by Crippen LogP contribution is 2.20. The van der Waals surface area contributed by atoms with Gasteiger partial charge >= 0.3 is 0 Å². The third-order valence-corrected chi connectivity index (χ3v) is 5.37. The lowest BCUT2D eigenvalue weighted by Crippen LogP contribution is -2.29. The molecule has 0 spiro atoms. The first-order chi connectivity index (χ1) is 12.7. The van der Waals surface area contributed by atoms with Crippen molar-refractivity contribution in [2.24, 2.45) is 0 Å². The van der Waals surface area contributed by atoms with E-state index in [2.05, 4.69) is 58.1 Å². The predicted molar refractivity (Wildman–Crippen MR) is 112 cm³/mol. The smallest absolute Gasteiger partial charge is 0.0552 e. The van der Waals surface area contributed by atoms with Crippen molar-refractivity contribution in [3.63, 3.8) is 0 Å². The van der Waals surface area contributed by atoms with Crippen LogP contribution in [0.25, 0.3) is 0 Å². The van der Waals surface area contributed by atoms with Gasteiger partial charge in [-0.3, -0.25) is 4.98 Å². The molecule has 1 aromatic heterocycles. The zero-order valence-corrected chi connectivity index (χ0v) is 16.5. The van der Waals surface area contributed by atoms with Gasteiger partial charge in [-0.05, 0) is 76.6 Å². The molecule has 3 nitrogen and oxygen atoms in total. The summed E-state index contributed by atoms with van der Waals surface area (Å²) in [7, 11) is 0. The van der Waals surface area contributed by atoms with Crippen LogP contribution in [0.15, 0.2) is 42.6 Å². The lowest BCUT2D eigenvalue weighted by Gasteiger charge is -2.28. The summed E-state index contributed by atoms with van der Waals surface area (Å²) in [6, 6.07) is 13.1. The normalized spacial score (nSPS) is 17.5. The summed E-state index contributed by atoms with van der Waals surface area (Å²) in [4.78, 5) is 9.23. The van der Waals surface area contributed by atoms with Crippen molar-refractivity contribution in [2.75, 3.05) is 36.0 Å². The minimum atomic E-state index is 1.10. The molecule has 2 aliphatic heterocycles. The Morgan fingerprint density at radius 2 is 1.12 bits per heavy atom. The van der Waals surface area contributed by atoms with E-state index in [0.29, 0.717) is 0 Å². The number of aryl methyl sites for hydroxylation is 2. The Morgan fingerprint density at radius 1 is 0.615 bits per heavy atom. The summed E-state index contributed by atoms with van der Waals surface area (Å²) < 4.78 is 0. The van der Waals surface area contributed by atoms with Gasteiger partial charge in [-0.1, -0.05) is 17.7 Å². The molecule has 0 radical (unpaired) electrons. The molecule has 2 fully saturated rings. The van der Waals surface area contributed by atoms with Crippen molar-refractivity contribution in [3.05, 3.63) is 53.9 Å². The predicted octanol–water partition coefficient (Wildman–Crippen LogP) is 5.37. The third-order valence-electron chi connectivity index (χ3n) is 5.37. The van der Waals surface area contributed by atoms with Crippen molar-refractivity contribution in [1.29, 1.82) is 0 Å². The highest BCUT2D eigenvalue weighted by molar-refractivity contribution is 5.47. The fraction of sp³-hybridized carbons (Fsp3) is 0.522. The third kappa shape index (κ3) is 5.48. The van der Waals surface area contributed by atoms with Crippen LogP contribution in [0.2, 0.25) is 0 Å². The molecule has 0 amide bonds. The van der Waals surface area contributed by atoms with E-state index in [1.165, 1.54) is 81.6 Å². The number of piperidine rings is 2. The zero-order valence-electron chi connectivity index (χ0n) is 16.5. The molecule has 140 valence electrons. The summed E-state index contributed by atoms with van der Waals surface area (Å²) in [5.74, 6) is 0. The first kappa shape index (κ1) is 18.8. The first-order valence-corrected chi connectivity index (χ1v) is 10.2. The monoisotopic (exact) mass is 351 g/mol. The number of hydrogen-bond donors (Lipinski definition) is 0. The maximum atomic E-state index is 4.31. The van der Waals surface area contributed by atoms with Gasteiger partial charge in [0.1, 0.15) is 0 Å². The molecule has 26 heavy (non-hydrogen) atoms. The Hall–Kier alpha value is -2.03. The summed E-state index contributed by atoms with van der Waals surface area (Å²) >= 11 is 0. The highest BCUT2D eigenvalue weighted by atomic mass is 15.1. The molecular formula is C23H33N3. The van der Waals surface area contributed by atoms with E-state index in [1.54, 1.807) is 0 Å². The van der Waals surface area contributed by atoms with Gasteiger partial charge in [-0.25, -0.2) is 0 Å². The molecule has 3 heterocycles. The lowest BCUT2D eigenvalue weighted by atomic mass is 10.1. The Bertz CT molecular complexity index is 577. The quantitative estimate of drug-likeness (QED) is 0.725. The Kier molecular flexibility index (Phi) is 6.93. The SMILES string of the molecule is Cc1ccc(N2CCCCC2)cc1.Cc1ccc(N2CCCCC2)cn1. The number of rotatable bonds is 2. The number of nitrogens with zero attached hydrogens (tertiary/aromatic N) is 3. The van der Waals surface area contributed by atoms with Gasteiger partial charge in [-0.2, -0.15) is 0 Å². The molecule has 2 aromatic rings. The Labute approximate surface area is 159 Å². The van der Waals surface area contributed by atoms with E-state index in [0.717, 1.165) is 5.69 Å². The molecule has 3 heteroatoms. The van der Waals surface area contributed by atoms with Crippen molar-refractivity contribution in [2.45, 2.75) is 52.4 Å².